The first kappa shape index (κ1) is 17.3. The van der Waals surface area contributed by atoms with Crippen LogP contribution in [-0.4, -0.2) is 26.8 Å². The number of aromatic amines is 1. The van der Waals surface area contributed by atoms with Gasteiger partial charge in [-0.25, -0.2) is 4.98 Å². The van der Waals surface area contributed by atoms with Gasteiger partial charge in [0.2, 0.25) is 11.1 Å². The molecular weight excluding hydrogens is 344 g/mol. The molecular formula is C17H21ClN4OS. The number of nitrogens with zero attached hydrogens (tertiary/aromatic N) is 2. The van der Waals surface area contributed by atoms with E-state index >= 15 is 0 Å². The predicted molar refractivity (Wildman–Crippen MR) is 96.3 cm³/mol. The van der Waals surface area contributed by atoms with E-state index in [2.05, 4.69) is 20.5 Å². The van der Waals surface area contributed by atoms with E-state index in [1.165, 1.54) is 37.4 Å². The second-order valence-electron chi connectivity index (χ2n) is 6.12. The Balaban J connectivity index is 1.48. The summed E-state index contributed by atoms with van der Waals surface area (Å²) in [7, 11) is 0. The van der Waals surface area contributed by atoms with Gasteiger partial charge in [0, 0.05) is 10.9 Å². The van der Waals surface area contributed by atoms with Crippen LogP contribution in [0.1, 0.15) is 56.0 Å². The van der Waals surface area contributed by atoms with Crippen LogP contribution in [0.5, 0.6) is 0 Å². The molecule has 1 aliphatic carbocycles. The molecule has 2 aromatic rings. The molecule has 1 amide bonds. The highest BCUT2D eigenvalue weighted by Crippen LogP contribution is 2.32. The highest BCUT2D eigenvalue weighted by atomic mass is 35.5. The van der Waals surface area contributed by atoms with Crippen molar-refractivity contribution in [3.63, 3.8) is 0 Å². The number of hydrogen-bond acceptors (Lipinski definition) is 4. The minimum Gasteiger partial charge on any atom is -0.349 e. The molecule has 1 heterocycles. The summed E-state index contributed by atoms with van der Waals surface area (Å²) in [4.78, 5) is 16.6. The third-order valence-electron chi connectivity index (χ3n) is 4.28. The fourth-order valence-corrected chi connectivity index (χ4v) is 3.79. The zero-order valence-electron chi connectivity index (χ0n) is 13.6. The van der Waals surface area contributed by atoms with Crippen molar-refractivity contribution in [2.75, 3.05) is 5.75 Å². The third-order valence-corrected chi connectivity index (χ3v) is 5.36. The third kappa shape index (κ3) is 4.51. The molecule has 5 nitrogen and oxygen atoms in total. The molecule has 3 rings (SSSR count). The number of amides is 1. The van der Waals surface area contributed by atoms with Crippen LogP contribution in [0.2, 0.25) is 5.02 Å². The topological polar surface area (TPSA) is 70.7 Å². The zero-order valence-corrected chi connectivity index (χ0v) is 15.2. The van der Waals surface area contributed by atoms with Crippen LogP contribution in [0.3, 0.4) is 0 Å². The van der Waals surface area contributed by atoms with E-state index in [1.54, 1.807) is 0 Å². The lowest BCUT2D eigenvalue weighted by atomic mass is 10.1. The Morgan fingerprint density at radius 3 is 3.00 bits per heavy atom. The Hall–Kier alpha value is -1.53. The van der Waals surface area contributed by atoms with Gasteiger partial charge in [0.1, 0.15) is 5.82 Å². The number of rotatable bonds is 6. The summed E-state index contributed by atoms with van der Waals surface area (Å²) < 4.78 is 0. The van der Waals surface area contributed by atoms with Gasteiger partial charge < -0.3 is 5.32 Å². The molecule has 0 radical (unpaired) electrons. The average molecular weight is 365 g/mol. The van der Waals surface area contributed by atoms with Gasteiger partial charge >= 0.3 is 0 Å². The lowest BCUT2D eigenvalue weighted by Crippen LogP contribution is -2.28. The van der Waals surface area contributed by atoms with Crippen LogP contribution in [-0.2, 0) is 4.79 Å². The van der Waals surface area contributed by atoms with E-state index in [1.807, 2.05) is 31.2 Å². The number of aromatic nitrogens is 3. The van der Waals surface area contributed by atoms with E-state index < -0.39 is 0 Å². The van der Waals surface area contributed by atoms with Crippen molar-refractivity contribution in [1.29, 1.82) is 0 Å². The predicted octanol–water partition coefficient (Wildman–Crippen LogP) is 4.09. The van der Waals surface area contributed by atoms with Gasteiger partial charge in [0.25, 0.3) is 0 Å². The van der Waals surface area contributed by atoms with Crippen molar-refractivity contribution in [2.45, 2.75) is 49.7 Å². The molecule has 1 atom stereocenters. The van der Waals surface area contributed by atoms with Crippen LogP contribution in [0, 0.1) is 0 Å². The van der Waals surface area contributed by atoms with Crippen molar-refractivity contribution < 1.29 is 4.79 Å². The monoisotopic (exact) mass is 364 g/mol. The molecule has 1 aromatic heterocycles. The minimum atomic E-state index is -0.0852. The fraction of sp³-hybridized carbons (Fsp3) is 0.471. The van der Waals surface area contributed by atoms with Crippen molar-refractivity contribution in [3.05, 3.63) is 40.7 Å². The van der Waals surface area contributed by atoms with Gasteiger partial charge in [-0.3, -0.25) is 9.89 Å². The molecule has 0 spiro atoms. The van der Waals surface area contributed by atoms with Gasteiger partial charge in [-0.1, -0.05) is 48.3 Å². The first-order valence-corrected chi connectivity index (χ1v) is 9.58. The van der Waals surface area contributed by atoms with Crippen molar-refractivity contribution in [2.24, 2.45) is 0 Å². The number of nitrogens with one attached hydrogen (secondary N) is 2. The molecule has 0 saturated heterocycles. The van der Waals surface area contributed by atoms with E-state index in [-0.39, 0.29) is 11.9 Å². The maximum atomic E-state index is 12.1. The molecule has 1 aliphatic rings. The number of thioether (sulfide) groups is 1. The first-order valence-electron chi connectivity index (χ1n) is 8.22. The Kier molecular flexibility index (Phi) is 5.79. The maximum absolute atomic E-state index is 12.1. The molecule has 2 N–H and O–H groups in total. The van der Waals surface area contributed by atoms with Crippen molar-refractivity contribution in [3.8, 4) is 0 Å². The Labute approximate surface area is 151 Å². The second-order valence-corrected chi connectivity index (χ2v) is 7.50. The quantitative estimate of drug-likeness (QED) is 0.757. The minimum absolute atomic E-state index is 0.0420. The van der Waals surface area contributed by atoms with Crippen LogP contribution < -0.4 is 5.32 Å². The summed E-state index contributed by atoms with van der Waals surface area (Å²) in [5, 5.41) is 11.5. The summed E-state index contributed by atoms with van der Waals surface area (Å²) in [5.74, 6) is 1.72. The summed E-state index contributed by atoms with van der Waals surface area (Å²) in [6, 6.07) is 7.43. The van der Waals surface area contributed by atoms with Gasteiger partial charge in [0.15, 0.2) is 0 Å². The number of H-pyrrole nitrogens is 1. The highest BCUT2D eigenvalue weighted by molar-refractivity contribution is 7.99. The lowest BCUT2D eigenvalue weighted by molar-refractivity contribution is -0.119. The molecule has 1 fully saturated rings. The average Bonchev–Trinajstić information content (AvgIpc) is 3.24. The molecule has 7 heteroatoms. The first-order chi connectivity index (χ1) is 11.6. The lowest BCUT2D eigenvalue weighted by Gasteiger charge is -2.14. The van der Waals surface area contributed by atoms with Gasteiger partial charge in [-0.05, 0) is 37.5 Å². The van der Waals surface area contributed by atoms with Crippen LogP contribution in [0.15, 0.2) is 29.4 Å². The summed E-state index contributed by atoms with van der Waals surface area (Å²) in [5.41, 5.74) is 0.988. The number of hydrogen-bond donors (Lipinski definition) is 2. The van der Waals surface area contributed by atoms with Gasteiger partial charge in [0.05, 0.1) is 11.8 Å². The molecule has 0 bridgehead atoms. The maximum Gasteiger partial charge on any atom is 0.230 e. The normalized spacial score (nSPS) is 16.2. The van der Waals surface area contributed by atoms with Gasteiger partial charge in [-0.2, -0.15) is 0 Å². The number of carbonyl (C=O) groups excluding carboxylic acids is 1. The molecule has 128 valence electrons. The highest BCUT2D eigenvalue weighted by Gasteiger charge is 2.21. The largest absolute Gasteiger partial charge is 0.349 e. The SMILES string of the molecule is CC(NC(=O)CSc1n[nH]c(C2CCCC2)n1)c1cccc(Cl)c1. The van der Waals surface area contributed by atoms with Crippen LogP contribution in [0.4, 0.5) is 0 Å². The standard InChI is InChI=1S/C17H21ClN4OS/c1-11(13-7-4-8-14(18)9-13)19-15(23)10-24-17-20-16(21-22-17)12-5-2-3-6-12/h4,7-9,11-12H,2-3,5-6,10H2,1H3,(H,19,23)(H,20,21,22). The second kappa shape index (κ2) is 8.03. The van der Waals surface area contributed by atoms with Gasteiger partial charge in [-0.15, -0.1) is 5.10 Å². The molecule has 1 aromatic carbocycles. The van der Waals surface area contributed by atoms with E-state index in [9.17, 15) is 4.79 Å². The Morgan fingerprint density at radius 2 is 2.25 bits per heavy atom. The fourth-order valence-electron chi connectivity index (χ4n) is 2.98. The Bertz CT molecular complexity index is 699. The van der Waals surface area contributed by atoms with Crippen molar-refractivity contribution in [1.82, 2.24) is 20.5 Å². The smallest absolute Gasteiger partial charge is 0.230 e. The molecule has 0 aliphatic heterocycles. The van der Waals surface area contributed by atoms with Crippen LogP contribution >= 0.6 is 23.4 Å². The number of carbonyl (C=O) groups is 1. The van der Waals surface area contributed by atoms with Crippen molar-refractivity contribution >= 4 is 29.3 Å². The number of halogens is 1. The molecule has 1 saturated carbocycles. The summed E-state index contributed by atoms with van der Waals surface area (Å²) in [6.45, 7) is 1.94. The summed E-state index contributed by atoms with van der Waals surface area (Å²) in [6.07, 6.45) is 4.88. The van der Waals surface area contributed by atoms with E-state index in [0.717, 1.165) is 11.4 Å². The molecule has 1 unspecified atom stereocenters. The molecule has 24 heavy (non-hydrogen) atoms. The zero-order chi connectivity index (χ0) is 16.9. The summed E-state index contributed by atoms with van der Waals surface area (Å²) >= 11 is 7.34. The number of benzene rings is 1. The van der Waals surface area contributed by atoms with E-state index in [4.69, 9.17) is 11.6 Å². The Morgan fingerprint density at radius 1 is 1.46 bits per heavy atom. The van der Waals surface area contributed by atoms with E-state index in [0.29, 0.717) is 21.8 Å². The van der Waals surface area contributed by atoms with Crippen LogP contribution in [0.25, 0.3) is 0 Å².